The van der Waals surface area contributed by atoms with Gasteiger partial charge in [-0.15, -0.1) is 0 Å². The van der Waals surface area contributed by atoms with E-state index < -0.39 is 12.0 Å². The predicted molar refractivity (Wildman–Crippen MR) is 106 cm³/mol. The van der Waals surface area contributed by atoms with Crippen LogP contribution >= 0.6 is 0 Å². The van der Waals surface area contributed by atoms with Crippen molar-refractivity contribution in [3.8, 4) is 0 Å². The van der Waals surface area contributed by atoms with E-state index in [4.69, 9.17) is 4.74 Å². The van der Waals surface area contributed by atoms with Crippen LogP contribution in [-0.4, -0.2) is 34.3 Å². The molecule has 1 heterocycles. The number of hydrogen-bond donors (Lipinski definition) is 1. The van der Waals surface area contributed by atoms with Gasteiger partial charge in [-0.3, -0.25) is 9.48 Å². The van der Waals surface area contributed by atoms with Crippen LogP contribution < -0.4 is 5.32 Å². The molecule has 1 unspecified atom stereocenters. The second-order valence-corrected chi connectivity index (χ2v) is 6.37. The van der Waals surface area contributed by atoms with Crippen molar-refractivity contribution >= 4 is 11.9 Å². The van der Waals surface area contributed by atoms with Crippen LogP contribution in [0.4, 0.5) is 0 Å². The van der Waals surface area contributed by atoms with Crippen LogP contribution in [0.15, 0.2) is 73.1 Å². The fourth-order valence-electron chi connectivity index (χ4n) is 2.87. The fraction of sp³-hybridized carbons (Fsp3) is 0.227. The molecule has 0 aliphatic heterocycles. The molecule has 0 saturated carbocycles. The van der Waals surface area contributed by atoms with Crippen molar-refractivity contribution < 1.29 is 14.3 Å². The maximum absolute atomic E-state index is 12.6. The van der Waals surface area contributed by atoms with Gasteiger partial charge in [0.15, 0.2) is 0 Å². The van der Waals surface area contributed by atoms with E-state index in [1.165, 1.54) is 0 Å². The first-order chi connectivity index (χ1) is 13.7. The Morgan fingerprint density at radius 3 is 2.43 bits per heavy atom. The Bertz CT molecular complexity index is 891. The lowest BCUT2D eigenvalue weighted by molar-refractivity contribution is -0.145. The number of amides is 1. The van der Waals surface area contributed by atoms with E-state index in [2.05, 4.69) is 10.4 Å². The molecule has 2 aromatic carbocycles. The zero-order chi connectivity index (χ0) is 19.8. The summed E-state index contributed by atoms with van der Waals surface area (Å²) in [6.45, 7) is 2.65. The number of nitrogens with zero attached hydrogens (tertiary/aromatic N) is 2. The van der Waals surface area contributed by atoms with Crippen molar-refractivity contribution in [3.05, 3.63) is 89.7 Å². The lowest BCUT2D eigenvalue weighted by Crippen LogP contribution is -2.43. The van der Waals surface area contributed by atoms with Gasteiger partial charge in [-0.05, 0) is 36.2 Å². The van der Waals surface area contributed by atoms with Crippen LogP contribution in [0.5, 0.6) is 0 Å². The Balaban J connectivity index is 1.67. The highest BCUT2D eigenvalue weighted by Gasteiger charge is 2.23. The second kappa shape index (κ2) is 9.50. The molecule has 0 bridgehead atoms. The number of esters is 1. The first-order valence-electron chi connectivity index (χ1n) is 9.23. The molecule has 0 radical (unpaired) electrons. The molecule has 3 rings (SSSR count). The largest absolute Gasteiger partial charge is 0.464 e. The van der Waals surface area contributed by atoms with Gasteiger partial charge >= 0.3 is 5.97 Å². The van der Waals surface area contributed by atoms with Crippen molar-refractivity contribution in [2.75, 3.05) is 6.61 Å². The lowest BCUT2D eigenvalue weighted by Gasteiger charge is -2.17. The number of carbonyl (C=O) groups excluding carboxylic acids is 2. The number of carbonyl (C=O) groups is 2. The Morgan fingerprint density at radius 1 is 1.04 bits per heavy atom. The van der Waals surface area contributed by atoms with E-state index in [-0.39, 0.29) is 12.5 Å². The highest BCUT2D eigenvalue weighted by atomic mass is 16.5. The van der Waals surface area contributed by atoms with E-state index in [0.717, 1.165) is 11.1 Å². The van der Waals surface area contributed by atoms with Crippen LogP contribution in [-0.2, 0) is 22.5 Å². The Hall–Kier alpha value is -3.41. The Labute approximate surface area is 164 Å². The molecule has 3 aromatic rings. The molecular weight excluding hydrogens is 354 g/mol. The van der Waals surface area contributed by atoms with E-state index in [1.54, 1.807) is 25.3 Å². The van der Waals surface area contributed by atoms with Crippen molar-refractivity contribution in [2.45, 2.75) is 25.9 Å². The maximum Gasteiger partial charge on any atom is 0.328 e. The molecule has 0 fully saturated rings. The number of ether oxygens (including phenoxy) is 1. The first-order valence-corrected chi connectivity index (χ1v) is 9.23. The van der Waals surface area contributed by atoms with E-state index in [1.807, 2.05) is 59.4 Å². The van der Waals surface area contributed by atoms with Gasteiger partial charge in [-0.2, -0.15) is 5.10 Å². The monoisotopic (exact) mass is 377 g/mol. The smallest absolute Gasteiger partial charge is 0.328 e. The molecule has 28 heavy (non-hydrogen) atoms. The van der Waals surface area contributed by atoms with E-state index in [0.29, 0.717) is 18.5 Å². The molecule has 0 spiro atoms. The highest BCUT2D eigenvalue weighted by Crippen LogP contribution is 2.09. The summed E-state index contributed by atoms with van der Waals surface area (Å²) in [5.41, 5.74) is 2.48. The average Bonchev–Trinajstić information content (AvgIpc) is 3.22. The summed E-state index contributed by atoms with van der Waals surface area (Å²) in [6.07, 6.45) is 3.99. The zero-order valence-corrected chi connectivity index (χ0v) is 15.7. The predicted octanol–water partition coefficient (Wildman–Crippen LogP) is 2.84. The molecule has 1 aromatic heterocycles. The molecule has 1 N–H and O–H groups in total. The van der Waals surface area contributed by atoms with Crippen LogP contribution in [0, 0.1) is 0 Å². The van der Waals surface area contributed by atoms with Gasteiger partial charge in [0.25, 0.3) is 5.91 Å². The highest BCUT2D eigenvalue weighted by molar-refractivity contribution is 5.96. The minimum atomic E-state index is -0.737. The normalized spacial score (nSPS) is 11.6. The van der Waals surface area contributed by atoms with Gasteiger partial charge in [0, 0.05) is 24.4 Å². The minimum Gasteiger partial charge on any atom is -0.464 e. The SMILES string of the molecule is CCOC(=O)C(Cc1ccccc1)NC(=O)c1ccc(Cn2cccn2)cc1. The average molecular weight is 377 g/mol. The summed E-state index contributed by atoms with van der Waals surface area (Å²) < 4.78 is 6.94. The fourth-order valence-corrected chi connectivity index (χ4v) is 2.87. The van der Waals surface area contributed by atoms with Gasteiger partial charge in [0.05, 0.1) is 13.2 Å². The minimum absolute atomic E-state index is 0.266. The van der Waals surface area contributed by atoms with Gasteiger partial charge < -0.3 is 10.1 Å². The van der Waals surface area contributed by atoms with Crippen LogP contribution in [0.2, 0.25) is 0 Å². The molecule has 0 aliphatic rings. The third-order valence-electron chi connectivity index (χ3n) is 4.28. The molecule has 0 aliphatic carbocycles. The van der Waals surface area contributed by atoms with Crippen molar-refractivity contribution in [1.82, 2.24) is 15.1 Å². The number of nitrogens with one attached hydrogen (secondary N) is 1. The van der Waals surface area contributed by atoms with Crippen molar-refractivity contribution in [2.24, 2.45) is 0 Å². The summed E-state index contributed by atoms with van der Waals surface area (Å²) in [5.74, 6) is -0.741. The Kier molecular flexibility index (Phi) is 6.57. The van der Waals surface area contributed by atoms with Gasteiger partial charge in [-0.1, -0.05) is 42.5 Å². The molecule has 1 atom stereocenters. The second-order valence-electron chi connectivity index (χ2n) is 6.37. The number of hydrogen-bond acceptors (Lipinski definition) is 4. The molecule has 1 amide bonds. The lowest BCUT2D eigenvalue weighted by atomic mass is 10.0. The molecular formula is C22H23N3O3. The third kappa shape index (κ3) is 5.30. The van der Waals surface area contributed by atoms with Gasteiger partial charge in [0.2, 0.25) is 0 Å². The van der Waals surface area contributed by atoms with Crippen molar-refractivity contribution in [3.63, 3.8) is 0 Å². The Morgan fingerprint density at radius 2 is 1.79 bits per heavy atom. The number of aromatic nitrogens is 2. The van der Waals surface area contributed by atoms with Crippen LogP contribution in [0.25, 0.3) is 0 Å². The topological polar surface area (TPSA) is 73.2 Å². The standard InChI is InChI=1S/C22H23N3O3/c1-2-28-22(27)20(15-17-7-4-3-5-8-17)24-21(26)19-11-9-18(10-12-19)16-25-14-6-13-23-25/h3-14,20H,2,15-16H2,1H3,(H,24,26). The summed E-state index contributed by atoms with van der Waals surface area (Å²) >= 11 is 0. The quantitative estimate of drug-likeness (QED) is 0.613. The van der Waals surface area contributed by atoms with Gasteiger partial charge in [-0.25, -0.2) is 4.79 Å². The molecule has 0 saturated heterocycles. The van der Waals surface area contributed by atoms with Gasteiger partial charge in [0.1, 0.15) is 6.04 Å². The number of rotatable bonds is 8. The number of benzene rings is 2. The maximum atomic E-state index is 12.6. The summed E-state index contributed by atoms with van der Waals surface area (Å²) in [5, 5.41) is 6.97. The van der Waals surface area contributed by atoms with Crippen LogP contribution in [0.3, 0.4) is 0 Å². The summed E-state index contributed by atoms with van der Waals surface area (Å²) in [6, 6.07) is 17.9. The van der Waals surface area contributed by atoms with Crippen LogP contribution in [0.1, 0.15) is 28.4 Å². The first kappa shape index (κ1) is 19.4. The molecule has 6 nitrogen and oxygen atoms in total. The summed E-state index contributed by atoms with van der Waals surface area (Å²) in [7, 11) is 0. The van der Waals surface area contributed by atoms with E-state index in [9.17, 15) is 9.59 Å². The summed E-state index contributed by atoms with van der Waals surface area (Å²) in [4.78, 5) is 24.9. The molecule has 6 heteroatoms. The van der Waals surface area contributed by atoms with E-state index >= 15 is 0 Å². The zero-order valence-electron chi connectivity index (χ0n) is 15.7. The molecule has 144 valence electrons. The third-order valence-corrected chi connectivity index (χ3v) is 4.28. The van der Waals surface area contributed by atoms with Crippen molar-refractivity contribution in [1.29, 1.82) is 0 Å².